The standard InChI is InChI=1S/C13H20N2OS/c1-10-3-4-13(16-2)12(7-10)15-5-6-17-9-11(15)8-14/h3-4,7,11H,5-6,8-9,14H2,1-2H3. The zero-order chi connectivity index (χ0) is 12.3. The van der Waals surface area contributed by atoms with Crippen molar-refractivity contribution < 1.29 is 4.74 Å². The van der Waals surface area contributed by atoms with Gasteiger partial charge in [-0.1, -0.05) is 6.07 Å². The van der Waals surface area contributed by atoms with Crippen molar-refractivity contribution in [1.82, 2.24) is 0 Å². The molecule has 0 spiro atoms. The molecule has 94 valence electrons. The molecule has 1 aromatic rings. The van der Waals surface area contributed by atoms with E-state index in [-0.39, 0.29) is 0 Å². The van der Waals surface area contributed by atoms with Crippen molar-refractivity contribution >= 4 is 17.4 Å². The molecular weight excluding hydrogens is 232 g/mol. The fraction of sp³-hybridized carbons (Fsp3) is 0.538. The van der Waals surface area contributed by atoms with E-state index >= 15 is 0 Å². The van der Waals surface area contributed by atoms with Gasteiger partial charge in [-0.2, -0.15) is 11.8 Å². The van der Waals surface area contributed by atoms with E-state index in [0.717, 1.165) is 23.8 Å². The second-order valence-electron chi connectivity index (χ2n) is 4.33. The highest BCUT2D eigenvalue weighted by atomic mass is 32.2. The summed E-state index contributed by atoms with van der Waals surface area (Å²) in [6, 6.07) is 6.74. The van der Waals surface area contributed by atoms with Gasteiger partial charge in [0.2, 0.25) is 0 Å². The van der Waals surface area contributed by atoms with Gasteiger partial charge in [-0.3, -0.25) is 0 Å². The molecule has 0 bridgehead atoms. The first kappa shape index (κ1) is 12.6. The third kappa shape index (κ3) is 2.69. The Kier molecular flexibility index (Phi) is 4.18. The molecule has 1 aliphatic rings. The number of anilines is 1. The van der Waals surface area contributed by atoms with Crippen molar-refractivity contribution in [2.24, 2.45) is 5.73 Å². The molecule has 1 aromatic carbocycles. The van der Waals surface area contributed by atoms with Crippen LogP contribution in [0.3, 0.4) is 0 Å². The Morgan fingerprint density at radius 3 is 3.06 bits per heavy atom. The van der Waals surface area contributed by atoms with Crippen LogP contribution in [0.1, 0.15) is 5.56 Å². The first-order valence-corrected chi connectivity index (χ1v) is 7.11. The lowest BCUT2D eigenvalue weighted by Gasteiger charge is -2.37. The molecule has 1 saturated heterocycles. The normalized spacial score (nSPS) is 20.4. The molecule has 1 fully saturated rings. The van der Waals surface area contributed by atoms with Gasteiger partial charge in [0.1, 0.15) is 5.75 Å². The van der Waals surface area contributed by atoms with Gasteiger partial charge in [-0.05, 0) is 24.6 Å². The fourth-order valence-electron chi connectivity index (χ4n) is 2.19. The third-order valence-corrected chi connectivity index (χ3v) is 4.24. The number of methoxy groups -OCH3 is 1. The van der Waals surface area contributed by atoms with E-state index < -0.39 is 0 Å². The van der Waals surface area contributed by atoms with Gasteiger partial charge in [0.15, 0.2) is 0 Å². The zero-order valence-corrected chi connectivity index (χ0v) is 11.3. The average molecular weight is 252 g/mol. The first-order chi connectivity index (χ1) is 8.26. The van der Waals surface area contributed by atoms with Gasteiger partial charge in [0, 0.05) is 24.6 Å². The molecule has 4 heteroatoms. The lowest BCUT2D eigenvalue weighted by atomic mass is 10.1. The number of nitrogens with two attached hydrogens (primary N) is 1. The second kappa shape index (κ2) is 5.65. The summed E-state index contributed by atoms with van der Waals surface area (Å²) in [4.78, 5) is 2.39. The number of rotatable bonds is 3. The minimum absolute atomic E-state index is 0.421. The summed E-state index contributed by atoms with van der Waals surface area (Å²) in [5.74, 6) is 3.21. The predicted molar refractivity (Wildman–Crippen MR) is 75.2 cm³/mol. The number of ether oxygens (including phenoxy) is 1. The maximum absolute atomic E-state index is 5.86. The number of hydrogen-bond acceptors (Lipinski definition) is 4. The van der Waals surface area contributed by atoms with Crippen LogP contribution in [0, 0.1) is 6.92 Å². The third-order valence-electron chi connectivity index (χ3n) is 3.14. The molecule has 1 unspecified atom stereocenters. The molecule has 0 aromatic heterocycles. The van der Waals surface area contributed by atoms with Crippen LogP contribution in [0.25, 0.3) is 0 Å². The largest absolute Gasteiger partial charge is 0.495 e. The lowest BCUT2D eigenvalue weighted by Crippen LogP contribution is -2.47. The number of nitrogens with zero attached hydrogens (tertiary/aromatic N) is 1. The predicted octanol–water partition coefficient (Wildman–Crippen LogP) is 1.88. The SMILES string of the molecule is COc1ccc(C)cc1N1CCSCC1CN. The van der Waals surface area contributed by atoms with Gasteiger partial charge in [-0.15, -0.1) is 0 Å². The minimum atomic E-state index is 0.421. The van der Waals surface area contributed by atoms with Gasteiger partial charge >= 0.3 is 0 Å². The van der Waals surface area contributed by atoms with Crippen LogP contribution >= 0.6 is 11.8 Å². The molecule has 1 atom stereocenters. The molecule has 1 heterocycles. The number of benzene rings is 1. The summed E-state index contributed by atoms with van der Waals surface area (Å²) >= 11 is 1.98. The average Bonchev–Trinajstić information content (AvgIpc) is 2.38. The van der Waals surface area contributed by atoms with Crippen LogP contribution in [-0.2, 0) is 0 Å². The maximum atomic E-state index is 5.86. The second-order valence-corrected chi connectivity index (χ2v) is 5.48. The Balaban J connectivity index is 2.33. The Labute approximate surface area is 107 Å². The van der Waals surface area contributed by atoms with Crippen LogP contribution in [0.2, 0.25) is 0 Å². The molecule has 0 amide bonds. The van der Waals surface area contributed by atoms with Crippen molar-refractivity contribution in [3.63, 3.8) is 0 Å². The summed E-state index contributed by atoms with van der Waals surface area (Å²) in [5.41, 5.74) is 8.31. The summed E-state index contributed by atoms with van der Waals surface area (Å²) < 4.78 is 5.46. The Morgan fingerprint density at radius 1 is 1.53 bits per heavy atom. The van der Waals surface area contributed by atoms with Crippen molar-refractivity contribution in [2.75, 3.05) is 36.6 Å². The highest BCUT2D eigenvalue weighted by Gasteiger charge is 2.24. The minimum Gasteiger partial charge on any atom is -0.495 e. The number of thioether (sulfide) groups is 1. The molecule has 3 nitrogen and oxygen atoms in total. The Hall–Kier alpha value is -0.870. The van der Waals surface area contributed by atoms with Crippen LogP contribution in [-0.4, -0.2) is 37.7 Å². The van der Waals surface area contributed by atoms with Gasteiger partial charge in [-0.25, -0.2) is 0 Å². The van der Waals surface area contributed by atoms with E-state index in [9.17, 15) is 0 Å². The summed E-state index contributed by atoms with van der Waals surface area (Å²) in [5, 5.41) is 0. The van der Waals surface area contributed by atoms with E-state index in [1.165, 1.54) is 11.3 Å². The molecule has 1 aliphatic heterocycles. The Bertz CT molecular complexity index is 384. The highest BCUT2D eigenvalue weighted by molar-refractivity contribution is 7.99. The van der Waals surface area contributed by atoms with Crippen LogP contribution in [0.15, 0.2) is 18.2 Å². The van der Waals surface area contributed by atoms with Gasteiger partial charge in [0.05, 0.1) is 18.8 Å². The van der Waals surface area contributed by atoms with Crippen molar-refractivity contribution in [3.05, 3.63) is 23.8 Å². The molecule has 2 N–H and O–H groups in total. The molecule has 0 saturated carbocycles. The topological polar surface area (TPSA) is 38.5 Å². The quantitative estimate of drug-likeness (QED) is 0.891. The summed E-state index contributed by atoms with van der Waals surface area (Å²) in [7, 11) is 1.73. The van der Waals surface area contributed by atoms with Crippen LogP contribution in [0.5, 0.6) is 5.75 Å². The van der Waals surface area contributed by atoms with E-state index in [2.05, 4.69) is 24.0 Å². The number of aryl methyl sites for hydroxylation is 1. The van der Waals surface area contributed by atoms with Crippen molar-refractivity contribution in [1.29, 1.82) is 0 Å². The monoisotopic (exact) mass is 252 g/mol. The number of hydrogen-bond donors (Lipinski definition) is 1. The summed E-state index contributed by atoms with van der Waals surface area (Å²) in [6.07, 6.45) is 0. The first-order valence-electron chi connectivity index (χ1n) is 5.95. The van der Waals surface area contributed by atoms with Crippen LogP contribution in [0.4, 0.5) is 5.69 Å². The van der Waals surface area contributed by atoms with Crippen LogP contribution < -0.4 is 15.4 Å². The molecule has 0 aliphatic carbocycles. The molecule has 2 rings (SSSR count). The fourth-order valence-corrected chi connectivity index (χ4v) is 3.27. The lowest BCUT2D eigenvalue weighted by molar-refractivity contribution is 0.413. The van der Waals surface area contributed by atoms with E-state index in [4.69, 9.17) is 10.5 Å². The van der Waals surface area contributed by atoms with Gasteiger partial charge < -0.3 is 15.4 Å². The maximum Gasteiger partial charge on any atom is 0.142 e. The van der Waals surface area contributed by atoms with Crippen molar-refractivity contribution in [3.8, 4) is 5.75 Å². The van der Waals surface area contributed by atoms with E-state index in [1.807, 2.05) is 17.8 Å². The van der Waals surface area contributed by atoms with Gasteiger partial charge in [0.25, 0.3) is 0 Å². The molecule has 0 radical (unpaired) electrons. The summed E-state index contributed by atoms with van der Waals surface area (Å²) in [6.45, 7) is 3.86. The van der Waals surface area contributed by atoms with E-state index in [1.54, 1.807) is 7.11 Å². The molecular formula is C13H20N2OS. The molecule has 17 heavy (non-hydrogen) atoms. The smallest absolute Gasteiger partial charge is 0.142 e. The van der Waals surface area contributed by atoms with Crippen molar-refractivity contribution in [2.45, 2.75) is 13.0 Å². The Morgan fingerprint density at radius 2 is 2.35 bits per heavy atom. The zero-order valence-electron chi connectivity index (χ0n) is 10.5. The highest BCUT2D eigenvalue weighted by Crippen LogP contribution is 2.33. The van der Waals surface area contributed by atoms with E-state index in [0.29, 0.717) is 12.6 Å².